The number of rotatable bonds is 2. The molecule has 1 amide bonds. The van der Waals surface area contributed by atoms with Crippen molar-refractivity contribution in [1.82, 2.24) is 4.90 Å². The van der Waals surface area contributed by atoms with Crippen LogP contribution in [-0.2, 0) is 9.47 Å². The number of amides is 1. The van der Waals surface area contributed by atoms with E-state index >= 15 is 0 Å². The topological polar surface area (TPSA) is 59.0 Å². The van der Waals surface area contributed by atoms with Crippen molar-refractivity contribution in [2.45, 2.75) is 38.6 Å². The van der Waals surface area contributed by atoms with Crippen LogP contribution in [-0.4, -0.2) is 47.5 Å². The van der Waals surface area contributed by atoms with Gasteiger partial charge in [0, 0.05) is 6.54 Å². The molecule has 128 valence electrons. The molecule has 0 aromatic heterocycles. The van der Waals surface area contributed by atoms with E-state index in [0.29, 0.717) is 12.1 Å². The highest BCUT2D eigenvalue weighted by molar-refractivity contribution is 6.30. The fourth-order valence-corrected chi connectivity index (χ4v) is 2.39. The quantitative estimate of drug-likeness (QED) is 0.894. The third kappa shape index (κ3) is 4.80. The molecule has 0 aliphatic carbocycles. The molecule has 0 radical (unpaired) electrons. The SMILES string of the molecule is CC(C)(C)OC(=O)N1CCOC(C(O)c2ccc(Cl)c(F)c2)C1. The van der Waals surface area contributed by atoms with Crippen molar-refractivity contribution < 1.29 is 23.8 Å². The summed E-state index contributed by atoms with van der Waals surface area (Å²) < 4.78 is 24.4. The second-order valence-electron chi connectivity index (χ2n) is 6.45. The zero-order valence-corrected chi connectivity index (χ0v) is 14.1. The molecular weight excluding hydrogens is 325 g/mol. The molecule has 2 atom stereocenters. The Morgan fingerprint density at radius 1 is 1.52 bits per heavy atom. The molecule has 2 rings (SSSR count). The van der Waals surface area contributed by atoms with E-state index < -0.39 is 29.7 Å². The molecule has 1 saturated heterocycles. The van der Waals surface area contributed by atoms with Gasteiger partial charge in [0.1, 0.15) is 23.6 Å². The Labute approximate surface area is 139 Å². The van der Waals surface area contributed by atoms with Crippen LogP contribution in [0.5, 0.6) is 0 Å². The molecule has 2 unspecified atom stereocenters. The highest BCUT2D eigenvalue weighted by Gasteiger charge is 2.32. The van der Waals surface area contributed by atoms with Crippen LogP contribution in [0.15, 0.2) is 18.2 Å². The van der Waals surface area contributed by atoms with E-state index in [0.717, 1.165) is 0 Å². The zero-order chi connectivity index (χ0) is 17.2. The lowest BCUT2D eigenvalue weighted by atomic mass is 10.0. The first-order chi connectivity index (χ1) is 10.7. The molecule has 5 nitrogen and oxygen atoms in total. The van der Waals surface area contributed by atoms with Gasteiger partial charge in [0.2, 0.25) is 0 Å². The number of aliphatic hydroxyl groups is 1. The van der Waals surface area contributed by atoms with Crippen molar-refractivity contribution in [3.05, 3.63) is 34.6 Å². The molecule has 1 N–H and O–H groups in total. The molecule has 0 spiro atoms. The van der Waals surface area contributed by atoms with Crippen LogP contribution in [0.3, 0.4) is 0 Å². The predicted octanol–water partition coefficient (Wildman–Crippen LogP) is 3.15. The van der Waals surface area contributed by atoms with Crippen LogP contribution < -0.4 is 0 Å². The number of ether oxygens (including phenoxy) is 2. The summed E-state index contributed by atoms with van der Waals surface area (Å²) in [6.45, 7) is 6.18. The minimum absolute atomic E-state index is 0.0131. The van der Waals surface area contributed by atoms with E-state index in [1.807, 2.05) is 0 Å². The fourth-order valence-electron chi connectivity index (χ4n) is 2.27. The largest absolute Gasteiger partial charge is 0.444 e. The average molecular weight is 346 g/mol. The first kappa shape index (κ1) is 18.0. The number of halogens is 2. The minimum Gasteiger partial charge on any atom is -0.444 e. The zero-order valence-electron chi connectivity index (χ0n) is 13.4. The monoisotopic (exact) mass is 345 g/mol. The normalized spacial score (nSPS) is 20.3. The Morgan fingerprint density at radius 3 is 2.83 bits per heavy atom. The Balaban J connectivity index is 2.05. The number of morpholine rings is 1. The van der Waals surface area contributed by atoms with Crippen molar-refractivity contribution in [3.8, 4) is 0 Å². The average Bonchev–Trinajstić information content (AvgIpc) is 2.48. The van der Waals surface area contributed by atoms with Gasteiger partial charge in [-0.1, -0.05) is 17.7 Å². The van der Waals surface area contributed by atoms with Crippen molar-refractivity contribution in [1.29, 1.82) is 0 Å². The highest BCUT2D eigenvalue weighted by atomic mass is 35.5. The minimum atomic E-state index is -1.06. The number of aliphatic hydroxyl groups excluding tert-OH is 1. The third-order valence-corrected chi connectivity index (χ3v) is 3.69. The maximum Gasteiger partial charge on any atom is 0.410 e. The third-order valence-electron chi connectivity index (χ3n) is 3.38. The summed E-state index contributed by atoms with van der Waals surface area (Å²) in [6, 6.07) is 4.08. The van der Waals surface area contributed by atoms with Crippen LogP contribution >= 0.6 is 11.6 Å². The summed E-state index contributed by atoms with van der Waals surface area (Å²) in [4.78, 5) is 13.6. The van der Waals surface area contributed by atoms with Gasteiger partial charge < -0.3 is 19.5 Å². The molecule has 0 saturated carbocycles. The molecule has 1 heterocycles. The Hall–Kier alpha value is -1.37. The molecule has 1 aliphatic rings. The number of carbonyl (C=O) groups excluding carboxylic acids is 1. The number of hydrogen-bond acceptors (Lipinski definition) is 4. The van der Waals surface area contributed by atoms with E-state index in [1.165, 1.54) is 23.1 Å². The number of benzene rings is 1. The number of nitrogens with zero attached hydrogens (tertiary/aromatic N) is 1. The molecular formula is C16H21ClFNO4. The van der Waals surface area contributed by atoms with Crippen molar-refractivity contribution in [2.75, 3.05) is 19.7 Å². The van der Waals surface area contributed by atoms with Gasteiger partial charge in [0.15, 0.2) is 0 Å². The van der Waals surface area contributed by atoms with Gasteiger partial charge in [-0.2, -0.15) is 0 Å². The first-order valence-corrected chi connectivity index (χ1v) is 7.78. The van der Waals surface area contributed by atoms with E-state index in [-0.39, 0.29) is 18.2 Å². The predicted molar refractivity (Wildman–Crippen MR) is 83.9 cm³/mol. The molecule has 23 heavy (non-hydrogen) atoms. The van der Waals surface area contributed by atoms with Crippen molar-refractivity contribution in [3.63, 3.8) is 0 Å². The van der Waals surface area contributed by atoms with Crippen LogP contribution in [0.4, 0.5) is 9.18 Å². The summed E-state index contributed by atoms with van der Waals surface area (Å²) in [5.41, 5.74) is -0.244. The lowest BCUT2D eigenvalue weighted by Gasteiger charge is -2.36. The smallest absolute Gasteiger partial charge is 0.410 e. The van der Waals surface area contributed by atoms with Gasteiger partial charge in [0.25, 0.3) is 0 Å². The van der Waals surface area contributed by atoms with Crippen LogP contribution in [0.1, 0.15) is 32.4 Å². The number of carbonyl (C=O) groups is 1. The van der Waals surface area contributed by atoms with Crippen LogP contribution in [0.2, 0.25) is 5.02 Å². The van der Waals surface area contributed by atoms with E-state index in [2.05, 4.69) is 0 Å². The maximum atomic E-state index is 13.5. The van der Waals surface area contributed by atoms with Crippen LogP contribution in [0.25, 0.3) is 0 Å². The summed E-state index contributed by atoms with van der Waals surface area (Å²) >= 11 is 5.64. The maximum absolute atomic E-state index is 13.5. The van der Waals surface area contributed by atoms with Gasteiger partial charge in [-0.3, -0.25) is 0 Å². The molecule has 7 heteroatoms. The summed E-state index contributed by atoms with van der Waals surface area (Å²) in [6.07, 6.45) is -2.18. The number of hydrogen-bond donors (Lipinski definition) is 1. The molecule has 1 aromatic carbocycles. The van der Waals surface area contributed by atoms with Gasteiger partial charge in [-0.15, -0.1) is 0 Å². The van der Waals surface area contributed by atoms with Gasteiger partial charge in [-0.05, 0) is 38.5 Å². The molecule has 1 aromatic rings. The molecule has 1 aliphatic heterocycles. The standard InChI is InChI=1S/C16H21ClFNO4/c1-16(2,3)23-15(21)19-6-7-22-13(9-19)14(20)10-4-5-11(17)12(18)8-10/h4-5,8,13-14,20H,6-7,9H2,1-3H3. The van der Waals surface area contributed by atoms with E-state index in [4.69, 9.17) is 21.1 Å². The van der Waals surface area contributed by atoms with E-state index in [1.54, 1.807) is 20.8 Å². The van der Waals surface area contributed by atoms with Gasteiger partial charge in [-0.25, -0.2) is 9.18 Å². The van der Waals surface area contributed by atoms with Gasteiger partial charge in [0.05, 0.1) is 18.2 Å². The van der Waals surface area contributed by atoms with Crippen molar-refractivity contribution in [2.24, 2.45) is 0 Å². The van der Waals surface area contributed by atoms with Crippen LogP contribution in [0, 0.1) is 5.82 Å². The Bertz CT molecular complexity index is 576. The first-order valence-electron chi connectivity index (χ1n) is 7.40. The Kier molecular flexibility index (Phi) is 5.49. The van der Waals surface area contributed by atoms with Gasteiger partial charge >= 0.3 is 6.09 Å². The van der Waals surface area contributed by atoms with E-state index in [9.17, 15) is 14.3 Å². The fraction of sp³-hybridized carbons (Fsp3) is 0.562. The summed E-state index contributed by atoms with van der Waals surface area (Å²) in [5, 5.41) is 10.4. The highest BCUT2D eigenvalue weighted by Crippen LogP contribution is 2.26. The Morgan fingerprint density at radius 2 is 2.22 bits per heavy atom. The van der Waals surface area contributed by atoms with Crippen molar-refractivity contribution >= 4 is 17.7 Å². The summed E-state index contributed by atoms with van der Waals surface area (Å²) in [5.74, 6) is -0.608. The lowest BCUT2D eigenvalue weighted by molar-refractivity contribution is -0.0908. The molecule has 1 fully saturated rings. The second kappa shape index (κ2) is 7.03. The molecule has 0 bridgehead atoms. The summed E-state index contributed by atoms with van der Waals surface area (Å²) in [7, 11) is 0. The second-order valence-corrected chi connectivity index (χ2v) is 6.86. The lowest BCUT2D eigenvalue weighted by Crippen LogP contribution is -2.49.